The summed E-state index contributed by atoms with van der Waals surface area (Å²) in [5.41, 5.74) is -0.805. The van der Waals surface area contributed by atoms with Crippen molar-refractivity contribution in [3.05, 3.63) is 0 Å². The first-order valence-corrected chi connectivity index (χ1v) is 6.73. The summed E-state index contributed by atoms with van der Waals surface area (Å²) in [5.74, 6) is 0. The zero-order chi connectivity index (χ0) is 11.7. The number of hydrogen-bond acceptors (Lipinski definition) is 3. The van der Waals surface area contributed by atoms with Crippen LogP contribution in [-0.4, -0.2) is 42.6 Å². The van der Waals surface area contributed by atoms with Gasteiger partial charge in [0.05, 0.1) is 5.60 Å². The van der Waals surface area contributed by atoms with Gasteiger partial charge in [-0.3, -0.25) is 0 Å². The van der Waals surface area contributed by atoms with Gasteiger partial charge in [0.2, 0.25) is 0 Å². The van der Waals surface area contributed by atoms with Crippen LogP contribution in [0.15, 0.2) is 0 Å². The van der Waals surface area contributed by atoms with Gasteiger partial charge in [-0.2, -0.15) is 17.4 Å². The van der Waals surface area contributed by atoms with E-state index >= 15 is 0 Å². The van der Waals surface area contributed by atoms with Crippen LogP contribution in [0.4, 0.5) is 0 Å². The fourth-order valence-electron chi connectivity index (χ4n) is 1.78. The minimum absolute atomic E-state index is 0.116. The molecule has 1 rings (SSSR count). The predicted molar refractivity (Wildman–Crippen MR) is 58.6 cm³/mol. The summed E-state index contributed by atoms with van der Waals surface area (Å²) in [6.07, 6.45) is 1.52. The molecule has 1 aliphatic heterocycles. The second-order valence-corrected chi connectivity index (χ2v) is 6.22. The molecule has 0 unspecified atom stereocenters. The molecule has 1 heterocycles. The Bertz CT molecular complexity index is 307. The molecule has 0 radical (unpaired) electrons. The molecular weight excluding hydrogens is 216 g/mol. The maximum atomic E-state index is 11.6. The standard InChI is InChI=1S/C9H20N2O3S/c1-4-5-9(12)6-11(7-9)15(13,14)10-8(2)3/h8,10,12H,4-7H2,1-3H3. The molecule has 6 heteroatoms. The first-order valence-electron chi connectivity index (χ1n) is 5.29. The SMILES string of the molecule is CCCC1(O)CN(S(=O)(=O)NC(C)C)C1. The van der Waals surface area contributed by atoms with E-state index in [0.29, 0.717) is 6.42 Å². The van der Waals surface area contributed by atoms with Crippen LogP contribution in [0, 0.1) is 0 Å². The van der Waals surface area contributed by atoms with Gasteiger partial charge in [-0.25, -0.2) is 0 Å². The largest absolute Gasteiger partial charge is 0.387 e. The molecule has 2 N–H and O–H groups in total. The second-order valence-electron chi connectivity index (χ2n) is 4.52. The Kier molecular flexibility index (Phi) is 3.76. The van der Waals surface area contributed by atoms with Gasteiger partial charge in [0.1, 0.15) is 0 Å². The van der Waals surface area contributed by atoms with E-state index in [4.69, 9.17) is 0 Å². The van der Waals surface area contributed by atoms with Crippen molar-refractivity contribution in [2.75, 3.05) is 13.1 Å². The van der Waals surface area contributed by atoms with E-state index in [1.807, 2.05) is 6.92 Å². The molecule has 0 atom stereocenters. The van der Waals surface area contributed by atoms with Gasteiger partial charge in [0.15, 0.2) is 0 Å². The minimum Gasteiger partial charge on any atom is -0.387 e. The van der Waals surface area contributed by atoms with Crippen LogP contribution in [0.1, 0.15) is 33.6 Å². The van der Waals surface area contributed by atoms with Crippen LogP contribution in [0.2, 0.25) is 0 Å². The molecule has 0 aromatic heterocycles. The Morgan fingerprint density at radius 3 is 2.40 bits per heavy atom. The first kappa shape index (κ1) is 12.9. The summed E-state index contributed by atoms with van der Waals surface area (Å²) in [5, 5.41) is 9.84. The van der Waals surface area contributed by atoms with Crippen LogP contribution < -0.4 is 4.72 Å². The van der Waals surface area contributed by atoms with Crippen molar-refractivity contribution in [2.45, 2.75) is 45.3 Å². The Labute approximate surface area is 91.7 Å². The lowest BCUT2D eigenvalue weighted by atomic mass is 9.92. The van der Waals surface area contributed by atoms with Gasteiger partial charge >= 0.3 is 0 Å². The Hall–Kier alpha value is -0.170. The van der Waals surface area contributed by atoms with Crippen molar-refractivity contribution in [1.29, 1.82) is 0 Å². The molecule has 0 aliphatic carbocycles. The van der Waals surface area contributed by atoms with Crippen LogP contribution in [0.25, 0.3) is 0 Å². The molecule has 0 aromatic rings. The van der Waals surface area contributed by atoms with Gasteiger partial charge < -0.3 is 5.11 Å². The van der Waals surface area contributed by atoms with Crippen LogP contribution in [0.5, 0.6) is 0 Å². The average molecular weight is 236 g/mol. The first-order chi connectivity index (χ1) is 6.79. The normalized spacial score (nSPS) is 21.7. The number of nitrogens with one attached hydrogen (secondary N) is 1. The van der Waals surface area contributed by atoms with Crippen LogP contribution in [0.3, 0.4) is 0 Å². The van der Waals surface area contributed by atoms with E-state index in [1.54, 1.807) is 13.8 Å². The summed E-state index contributed by atoms with van der Waals surface area (Å²) in [4.78, 5) is 0. The third-order valence-electron chi connectivity index (χ3n) is 2.38. The lowest BCUT2D eigenvalue weighted by Crippen LogP contribution is -2.65. The summed E-state index contributed by atoms with van der Waals surface area (Å²) in [6.45, 7) is 5.94. The van der Waals surface area contributed by atoms with Gasteiger partial charge in [-0.15, -0.1) is 0 Å². The van der Waals surface area contributed by atoms with Crippen LogP contribution in [-0.2, 0) is 10.2 Å². The summed E-state index contributed by atoms with van der Waals surface area (Å²) in [6, 6.07) is -0.116. The highest BCUT2D eigenvalue weighted by Gasteiger charge is 2.46. The van der Waals surface area contributed by atoms with E-state index in [9.17, 15) is 13.5 Å². The van der Waals surface area contributed by atoms with Crippen molar-refractivity contribution in [3.63, 3.8) is 0 Å². The number of nitrogens with zero attached hydrogens (tertiary/aromatic N) is 1. The molecule has 1 saturated heterocycles. The number of β-amino-alcohol motifs (C(OH)–C–C–N with tert-alkyl or cyclic N) is 1. The maximum Gasteiger partial charge on any atom is 0.279 e. The fraction of sp³-hybridized carbons (Fsp3) is 1.00. The van der Waals surface area contributed by atoms with Crippen LogP contribution >= 0.6 is 0 Å². The van der Waals surface area contributed by atoms with Gasteiger partial charge in [0.25, 0.3) is 10.2 Å². The summed E-state index contributed by atoms with van der Waals surface area (Å²) >= 11 is 0. The minimum atomic E-state index is -3.39. The third-order valence-corrected chi connectivity index (χ3v) is 4.09. The van der Waals surface area contributed by atoms with Gasteiger partial charge in [-0.05, 0) is 20.3 Å². The van der Waals surface area contributed by atoms with Crippen molar-refractivity contribution in [2.24, 2.45) is 0 Å². The molecule has 1 fully saturated rings. The second kappa shape index (κ2) is 4.37. The van der Waals surface area contributed by atoms with E-state index in [1.165, 1.54) is 4.31 Å². The fourth-order valence-corrected chi connectivity index (χ4v) is 3.34. The summed E-state index contributed by atoms with van der Waals surface area (Å²) < 4.78 is 27.0. The number of hydrogen-bond donors (Lipinski definition) is 2. The molecule has 90 valence electrons. The lowest BCUT2D eigenvalue weighted by Gasteiger charge is -2.45. The molecule has 0 saturated carbocycles. The zero-order valence-electron chi connectivity index (χ0n) is 9.52. The monoisotopic (exact) mass is 236 g/mol. The molecule has 5 nitrogen and oxygen atoms in total. The lowest BCUT2D eigenvalue weighted by molar-refractivity contribution is -0.0658. The van der Waals surface area contributed by atoms with Crippen molar-refractivity contribution < 1.29 is 13.5 Å². The predicted octanol–water partition coefficient (Wildman–Crippen LogP) is 0.0760. The van der Waals surface area contributed by atoms with Crippen molar-refractivity contribution in [1.82, 2.24) is 9.03 Å². The molecule has 0 amide bonds. The van der Waals surface area contributed by atoms with Crippen molar-refractivity contribution in [3.8, 4) is 0 Å². The molecule has 0 bridgehead atoms. The third kappa shape index (κ3) is 3.14. The molecule has 15 heavy (non-hydrogen) atoms. The van der Waals surface area contributed by atoms with E-state index < -0.39 is 15.8 Å². The van der Waals surface area contributed by atoms with Gasteiger partial charge in [-0.1, -0.05) is 13.3 Å². The quantitative estimate of drug-likeness (QED) is 0.710. The van der Waals surface area contributed by atoms with E-state index in [2.05, 4.69) is 4.72 Å². The van der Waals surface area contributed by atoms with Crippen molar-refractivity contribution >= 4 is 10.2 Å². The Balaban J connectivity index is 2.51. The highest BCUT2D eigenvalue weighted by Crippen LogP contribution is 2.27. The molecular formula is C9H20N2O3S. The Morgan fingerprint density at radius 2 is 2.00 bits per heavy atom. The molecule has 0 spiro atoms. The molecule has 0 aromatic carbocycles. The van der Waals surface area contributed by atoms with E-state index in [-0.39, 0.29) is 19.1 Å². The highest BCUT2D eigenvalue weighted by atomic mass is 32.2. The number of aliphatic hydroxyl groups is 1. The van der Waals surface area contributed by atoms with E-state index in [0.717, 1.165) is 6.42 Å². The average Bonchev–Trinajstić information content (AvgIpc) is 1.97. The Morgan fingerprint density at radius 1 is 1.47 bits per heavy atom. The smallest absolute Gasteiger partial charge is 0.279 e. The zero-order valence-corrected chi connectivity index (χ0v) is 10.3. The molecule has 1 aliphatic rings. The summed E-state index contributed by atoms with van der Waals surface area (Å²) in [7, 11) is -3.39. The number of rotatable bonds is 5. The highest BCUT2D eigenvalue weighted by molar-refractivity contribution is 7.87. The van der Waals surface area contributed by atoms with Gasteiger partial charge in [0, 0.05) is 19.1 Å². The maximum absolute atomic E-state index is 11.6. The topological polar surface area (TPSA) is 69.6 Å².